The number of fused-ring (bicyclic) bond motifs is 2. The van der Waals surface area contributed by atoms with Gasteiger partial charge in [-0.05, 0) is 35.7 Å². The highest BCUT2D eigenvalue weighted by molar-refractivity contribution is 6.02. The summed E-state index contributed by atoms with van der Waals surface area (Å²) >= 11 is 0. The summed E-state index contributed by atoms with van der Waals surface area (Å²) in [5.74, 6) is 0.571. The first-order valence-electron chi connectivity index (χ1n) is 9.44. The van der Waals surface area contributed by atoms with Crippen LogP contribution in [0.2, 0.25) is 0 Å². The molecule has 140 valence electrons. The van der Waals surface area contributed by atoms with E-state index in [0.29, 0.717) is 5.82 Å². The third-order valence-corrected chi connectivity index (χ3v) is 4.91. The molecule has 0 bridgehead atoms. The average Bonchev–Trinajstić information content (AvgIpc) is 3.13. The number of hydrogen-bond donors (Lipinski definition) is 1. The minimum absolute atomic E-state index is 0.110. The molecule has 0 atom stereocenters. The number of para-hydroxylation sites is 2. The molecule has 2 heterocycles. The normalized spacial score (nSPS) is 11.0. The van der Waals surface area contributed by atoms with Crippen molar-refractivity contribution < 1.29 is 4.79 Å². The number of pyridine rings is 1. The first-order valence-corrected chi connectivity index (χ1v) is 9.44. The summed E-state index contributed by atoms with van der Waals surface area (Å²) in [4.78, 5) is 22.1. The van der Waals surface area contributed by atoms with E-state index in [1.54, 1.807) is 6.20 Å². The maximum atomic E-state index is 13.0. The number of anilines is 1. The molecule has 5 nitrogen and oxygen atoms in total. The largest absolute Gasteiger partial charge is 0.324 e. The van der Waals surface area contributed by atoms with Crippen LogP contribution in [0.4, 0.5) is 5.69 Å². The first-order chi connectivity index (χ1) is 14.3. The number of amides is 1. The minimum Gasteiger partial charge on any atom is -0.324 e. The molecule has 0 fully saturated rings. The van der Waals surface area contributed by atoms with Crippen molar-refractivity contribution >= 4 is 33.4 Å². The molecule has 0 saturated carbocycles. The number of rotatable bonds is 4. The highest BCUT2D eigenvalue weighted by Crippen LogP contribution is 2.25. The number of carbonyl (C=O) groups is 1. The van der Waals surface area contributed by atoms with Gasteiger partial charge in [0.05, 0.1) is 11.0 Å². The standard InChI is InChI=1S/C24H18N4O/c29-23(26-19-13-7-9-17-8-1-2-10-18(17)19)16-28-22-14-4-3-11-20(22)27-24(28)21-12-5-6-15-25-21/h1-15H,16H2,(H,26,29). The van der Waals surface area contributed by atoms with Gasteiger partial charge in [-0.1, -0.05) is 54.6 Å². The van der Waals surface area contributed by atoms with Crippen LogP contribution in [-0.4, -0.2) is 20.4 Å². The van der Waals surface area contributed by atoms with Gasteiger partial charge < -0.3 is 9.88 Å². The van der Waals surface area contributed by atoms with Crippen molar-refractivity contribution in [3.05, 3.63) is 91.1 Å². The van der Waals surface area contributed by atoms with Crippen molar-refractivity contribution in [1.29, 1.82) is 0 Å². The summed E-state index contributed by atoms with van der Waals surface area (Å²) in [6.45, 7) is 0.148. The van der Waals surface area contributed by atoms with Gasteiger partial charge in [0.1, 0.15) is 12.2 Å². The molecule has 0 radical (unpaired) electrons. The number of aromatic nitrogens is 3. The van der Waals surface area contributed by atoms with E-state index >= 15 is 0 Å². The van der Waals surface area contributed by atoms with Crippen LogP contribution in [0.3, 0.4) is 0 Å². The molecular formula is C24H18N4O. The number of carbonyl (C=O) groups excluding carboxylic acids is 1. The van der Waals surface area contributed by atoms with Crippen LogP contribution in [0.5, 0.6) is 0 Å². The molecule has 1 amide bonds. The van der Waals surface area contributed by atoms with E-state index in [2.05, 4.69) is 10.3 Å². The molecule has 0 spiro atoms. The van der Waals surface area contributed by atoms with Gasteiger partial charge in [0.2, 0.25) is 5.91 Å². The molecule has 2 aromatic heterocycles. The second kappa shape index (κ2) is 7.20. The Hall–Kier alpha value is -3.99. The van der Waals surface area contributed by atoms with E-state index in [0.717, 1.165) is 33.2 Å². The smallest absolute Gasteiger partial charge is 0.244 e. The molecule has 0 aliphatic carbocycles. The lowest BCUT2D eigenvalue weighted by atomic mass is 10.1. The summed E-state index contributed by atoms with van der Waals surface area (Å²) in [6, 6.07) is 27.4. The molecule has 1 N–H and O–H groups in total. The highest BCUT2D eigenvalue weighted by Gasteiger charge is 2.16. The Kier molecular flexibility index (Phi) is 4.26. The van der Waals surface area contributed by atoms with Gasteiger partial charge in [0.15, 0.2) is 5.82 Å². The van der Waals surface area contributed by atoms with Crippen LogP contribution >= 0.6 is 0 Å². The van der Waals surface area contributed by atoms with Crippen molar-refractivity contribution in [2.24, 2.45) is 0 Å². The summed E-state index contributed by atoms with van der Waals surface area (Å²) in [5, 5.41) is 5.17. The summed E-state index contributed by atoms with van der Waals surface area (Å²) in [7, 11) is 0. The Labute approximate surface area is 167 Å². The van der Waals surface area contributed by atoms with Crippen molar-refractivity contribution in [2.45, 2.75) is 6.54 Å². The molecule has 0 aliphatic heterocycles. The minimum atomic E-state index is -0.110. The molecule has 5 aromatic rings. The Morgan fingerprint density at radius 1 is 0.862 bits per heavy atom. The maximum absolute atomic E-state index is 13.0. The van der Waals surface area contributed by atoms with Gasteiger partial charge in [0, 0.05) is 17.3 Å². The average molecular weight is 378 g/mol. The Morgan fingerprint density at radius 2 is 1.66 bits per heavy atom. The predicted molar refractivity (Wildman–Crippen MR) is 116 cm³/mol. The summed E-state index contributed by atoms with van der Waals surface area (Å²) < 4.78 is 1.91. The van der Waals surface area contributed by atoms with Gasteiger partial charge in [0.25, 0.3) is 0 Å². The number of imidazole rings is 1. The maximum Gasteiger partial charge on any atom is 0.244 e. The fourth-order valence-corrected chi connectivity index (χ4v) is 3.59. The van der Waals surface area contributed by atoms with E-state index in [-0.39, 0.29) is 12.5 Å². The zero-order chi connectivity index (χ0) is 19.6. The van der Waals surface area contributed by atoms with Crippen molar-refractivity contribution in [2.75, 3.05) is 5.32 Å². The monoisotopic (exact) mass is 378 g/mol. The van der Waals surface area contributed by atoms with Crippen LogP contribution in [0.15, 0.2) is 91.1 Å². The summed E-state index contributed by atoms with van der Waals surface area (Å²) in [5.41, 5.74) is 3.28. The zero-order valence-corrected chi connectivity index (χ0v) is 15.6. The predicted octanol–water partition coefficient (Wildman–Crippen LogP) is 4.89. The second-order valence-corrected chi connectivity index (χ2v) is 6.80. The summed E-state index contributed by atoms with van der Waals surface area (Å²) in [6.07, 6.45) is 1.73. The molecule has 0 saturated heterocycles. The van der Waals surface area contributed by atoms with Crippen molar-refractivity contribution in [3.63, 3.8) is 0 Å². The Bertz CT molecular complexity index is 1320. The number of nitrogens with zero attached hydrogens (tertiary/aromatic N) is 3. The molecule has 5 heteroatoms. The quantitative estimate of drug-likeness (QED) is 0.484. The Morgan fingerprint density at radius 3 is 2.55 bits per heavy atom. The van der Waals surface area contributed by atoms with Crippen molar-refractivity contribution in [1.82, 2.24) is 14.5 Å². The highest BCUT2D eigenvalue weighted by atomic mass is 16.1. The lowest BCUT2D eigenvalue weighted by Crippen LogP contribution is -2.19. The van der Waals surface area contributed by atoms with Crippen LogP contribution in [0.1, 0.15) is 0 Å². The van der Waals surface area contributed by atoms with Gasteiger partial charge in [-0.3, -0.25) is 9.78 Å². The van der Waals surface area contributed by atoms with Crippen molar-refractivity contribution in [3.8, 4) is 11.5 Å². The second-order valence-electron chi connectivity index (χ2n) is 6.80. The lowest BCUT2D eigenvalue weighted by Gasteiger charge is -2.11. The van der Waals surface area contributed by atoms with E-state index in [1.807, 2.05) is 89.5 Å². The van der Waals surface area contributed by atoms with Crippen LogP contribution in [-0.2, 0) is 11.3 Å². The molecule has 5 rings (SSSR count). The van der Waals surface area contributed by atoms with E-state index < -0.39 is 0 Å². The molecular weight excluding hydrogens is 360 g/mol. The van der Waals surface area contributed by atoms with Crippen LogP contribution < -0.4 is 5.32 Å². The third kappa shape index (κ3) is 3.23. The van der Waals surface area contributed by atoms with E-state index in [9.17, 15) is 4.79 Å². The van der Waals surface area contributed by atoms with Gasteiger partial charge >= 0.3 is 0 Å². The molecule has 0 unspecified atom stereocenters. The fraction of sp³-hybridized carbons (Fsp3) is 0.0417. The third-order valence-electron chi connectivity index (χ3n) is 4.91. The zero-order valence-electron chi connectivity index (χ0n) is 15.6. The molecule has 3 aromatic carbocycles. The van der Waals surface area contributed by atoms with Gasteiger partial charge in [-0.2, -0.15) is 0 Å². The number of benzene rings is 3. The number of hydrogen-bond acceptors (Lipinski definition) is 3. The first kappa shape index (κ1) is 17.1. The Balaban J connectivity index is 1.52. The molecule has 29 heavy (non-hydrogen) atoms. The topological polar surface area (TPSA) is 59.8 Å². The van der Waals surface area contributed by atoms with E-state index in [1.165, 1.54) is 0 Å². The SMILES string of the molecule is O=C(Cn1c(-c2ccccn2)nc2ccccc21)Nc1cccc2ccccc12. The van der Waals surface area contributed by atoms with Gasteiger partial charge in [-0.25, -0.2) is 4.98 Å². The van der Waals surface area contributed by atoms with E-state index in [4.69, 9.17) is 4.98 Å². The molecule has 0 aliphatic rings. The van der Waals surface area contributed by atoms with Crippen LogP contribution in [0, 0.1) is 0 Å². The van der Waals surface area contributed by atoms with Crippen LogP contribution in [0.25, 0.3) is 33.3 Å². The fourth-order valence-electron chi connectivity index (χ4n) is 3.59. The van der Waals surface area contributed by atoms with Gasteiger partial charge in [-0.15, -0.1) is 0 Å². The number of nitrogens with one attached hydrogen (secondary N) is 1. The lowest BCUT2D eigenvalue weighted by molar-refractivity contribution is -0.116.